The Morgan fingerprint density at radius 3 is 2.60 bits per heavy atom. The molecule has 0 amide bonds. The van der Waals surface area contributed by atoms with Gasteiger partial charge in [-0.15, -0.1) is 0 Å². The molecule has 1 N–H and O–H groups in total. The molecule has 1 saturated heterocycles. The summed E-state index contributed by atoms with van der Waals surface area (Å²) in [6.45, 7) is 14.5. The lowest BCUT2D eigenvalue weighted by atomic mass is 9.86. The quantitative estimate of drug-likeness (QED) is 0.726. The van der Waals surface area contributed by atoms with Gasteiger partial charge in [-0.25, -0.2) is 0 Å². The van der Waals surface area contributed by atoms with Gasteiger partial charge in [0.1, 0.15) is 5.54 Å². The molecule has 1 aliphatic rings. The van der Waals surface area contributed by atoms with Crippen LogP contribution in [0.2, 0.25) is 0 Å². The smallest absolute Gasteiger partial charge is 0.103 e. The van der Waals surface area contributed by atoms with Crippen molar-refractivity contribution in [3.63, 3.8) is 0 Å². The predicted octanol–water partition coefficient (Wildman–Crippen LogP) is 3.41. The second-order valence-electron chi connectivity index (χ2n) is 6.99. The molecule has 1 heterocycles. The fourth-order valence-corrected chi connectivity index (χ4v) is 3.49. The van der Waals surface area contributed by atoms with Gasteiger partial charge in [0.05, 0.1) is 6.07 Å². The average Bonchev–Trinajstić information content (AvgIpc) is 2.40. The van der Waals surface area contributed by atoms with Crippen LogP contribution < -0.4 is 5.32 Å². The summed E-state index contributed by atoms with van der Waals surface area (Å²) in [5.74, 6) is 1.64. The molecule has 1 aliphatic heterocycles. The standard InChI is InChI=1S/C17H33N3/c1-6-19-17(5,13-18)9-7-8-10-20-12-14(2)11-15(3)16(20)4/h14-16,19H,6-12H2,1-5H3. The number of nitriles is 1. The predicted molar refractivity (Wildman–Crippen MR) is 85.5 cm³/mol. The summed E-state index contributed by atoms with van der Waals surface area (Å²) in [6.07, 6.45) is 4.64. The zero-order valence-electron chi connectivity index (χ0n) is 14.1. The number of hydrogen-bond acceptors (Lipinski definition) is 3. The van der Waals surface area contributed by atoms with Crippen molar-refractivity contribution in [2.24, 2.45) is 11.8 Å². The highest BCUT2D eigenvalue weighted by molar-refractivity contribution is 5.03. The van der Waals surface area contributed by atoms with E-state index in [1.165, 1.54) is 25.9 Å². The first-order valence-electron chi connectivity index (χ1n) is 8.32. The van der Waals surface area contributed by atoms with Gasteiger partial charge >= 0.3 is 0 Å². The lowest BCUT2D eigenvalue weighted by Gasteiger charge is -2.41. The third-order valence-electron chi connectivity index (χ3n) is 4.91. The molecule has 116 valence electrons. The number of nitrogens with zero attached hydrogens (tertiary/aromatic N) is 2. The molecule has 0 aliphatic carbocycles. The Bertz CT molecular complexity index is 323. The largest absolute Gasteiger partial charge is 0.300 e. The summed E-state index contributed by atoms with van der Waals surface area (Å²) in [6, 6.07) is 3.13. The van der Waals surface area contributed by atoms with Crippen LogP contribution in [0.1, 0.15) is 60.3 Å². The zero-order valence-corrected chi connectivity index (χ0v) is 14.1. The van der Waals surface area contributed by atoms with Gasteiger partial charge in [-0.3, -0.25) is 5.32 Å². The third-order valence-corrected chi connectivity index (χ3v) is 4.91. The molecule has 4 unspecified atom stereocenters. The van der Waals surface area contributed by atoms with Crippen molar-refractivity contribution in [3.8, 4) is 6.07 Å². The minimum Gasteiger partial charge on any atom is -0.300 e. The van der Waals surface area contributed by atoms with Crippen LogP contribution in [-0.2, 0) is 0 Å². The van der Waals surface area contributed by atoms with E-state index in [4.69, 9.17) is 0 Å². The molecule has 1 rings (SSSR count). The molecule has 20 heavy (non-hydrogen) atoms. The van der Waals surface area contributed by atoms with E-state index in [-0.39, 0.29) is 5.54 Å². The summed E-state index contributed by atoms with van der Waals surface area (Å²) in [5, 5.41) is 12.5. The molecule has 0 aromatic heterocycles. The number of piperidine rings is 1. The third kappa shape index (κ3) is 5.07. The first-order chi connectivity index (χ1) is 9.41. The van der Waals surface area contributed by atoms with Crippen molar-refractivity contribution >= 4 is 0 Å². The molecule has 0 saturated carbocycles. The molecule has 4 atom stereocenters. The molecule has 3 nitrogen and oxygen atoms in total. The maximum atomic E-state index is 9.25. The topological polar surface area (TPSA) is 39.1 Å². The fourth-order valence-electron chi connectivity index (χ4n) is 3.49. The SMILES string of the molecule is CCNC(C)(C#N)CCCCN1CC(C)CC(C)C1C. The maximum absolute atomic E-state index is 9.25. The Morgan fingerprint density at radius 1 is 1.30 bits per heavy atom. The summed E-state index contributed by atoms with van der Waals surface area (Å²) in [7, 11) is 0. The number of nitrogens with one attached hydrogen (secondary N) is 1. The van der Waals surface area contributed by atoms with Crippen LogP contribution in [0, 0.1) is 23.2 Å². The van der Waals surface area contributed by atoms with Crippen molar-refractivity contribution in [1.82, 2.24) is 10.2 Å². The van der Waals surface area contributed by atoms with Crippen molar-refractivity contribution in [2.75, 3.05) is 19.6 Å². The van der Waals surface area contributed by atoms with Gasteiger partial charge in [-0.05, 0) is 64.5 Å². The maximum Gasteiger partial charge on any atom is 0.103 e. The van der Waals surface area contributed by atoms with Crippen molar-refractivity contribution in [2.45, 2.75) is 71.9 Å². The van der Waals surface area contributed by atoms with Crippen LogP contribution in [0.5, 0.6) is 0 Å². The highest BCUT2D eigenvalue weighted by Gasteiger charge is 2.28. The summed E-state index contributed by atoms with van der Waals surface area (Å²) < 4.78 is 0. The van der Waals surface area contributed by atoms with Crippen LogP contribution >= 0.6 is 0 Å². The lowest BCUT2D eigenvalue weighted by Crippen LogP contribution is -2.46. The van der Waals surface area contributed by atoms with Crippen LogP contribution in [0.3, 0.4) is 0 Å². The normalized spacial score (nSPS) is 30.7. The van der Waals surface area contributed by atoms with Gasteiger partial charge < -0.3 is 4.90 Å². The Hall–Kier alpha value is -0.590. The summed E-state index contributed by atoms with van der Waals surface area (Å²) in [4.78, 5) is 2.65. The second-order valence-corrected chi connectivity index (χ2v) is 6.99. The molecule has 0 spiro atoms. The Labute approximate surface area is 125 Å². The van der Waals surface area contributed by atoms with Crippen LogP contribution in [-0.4, -0.2) is 36.1 Å². The van der Waals surface area contributed by atoms with E-state index in [0.717, 1.165) is 31.2 Å². The Balaban J connectivity index is 2.31. The molecule has 0 aromatic carbocycles. The molecule has 0 bridgehead atoms. The number of hydrogen-bond donors (Lipinski definition) is 1. The summed E-state index contributed by atoms with van der Waals surface area (Å²) >= 11 is 0. The van der Waals surface area contributed by atoms with Crippen molar-refractivity contribution in [3.05, 3.63) is 0 Å². The monoisotopic (exact) mass is 279 g/mol. The number of unbranched alkanes of at least 4 members (excludes halogenated alkanes) is 1. The van der Waals surface area contributed by atoms with Gasteiger partial charge in [-0.1, -0.05) is 20.8 Å². The lowest BCUT2D eigenvalue weighted by molar-refractivity contribution is 0.0777. The number of likely N-dealkylation sites (tertiary alicyclic amines) is 1. The van der Waals surface area contributed by atoms with Crippen LogP contribution in [0.4, 0.5) is 0 Å². The summed E-state index contributed by atoms with van der Waals surface area (Å²) in [5.41, 5.74) is -0.344. The van der Waals surface area contributed by atoms with E-state index in [2.05, 4.69) is 44.0 Å². The van der Waals surface area contributed by atoms with Crippen molar-refractivity contribution in [1.29, 1.82) is 5.26 Å². The molecule has 0 radical (unpaired) electrons. The van der Waals surface area contributed by atoms with Gasteiger partial charge in [0.15, 0.2) is 0 Å². The Kier molecular flexibility index (Phi) is 6.99. The molecular formula is C17H33N3. The fraction of sp³-hybridized carbons (Fsp3) is 0.941. The van der Waals surface area contributed by atoms with E-state index in [9.17, 15) is 5.26 Å². The molecular weight excluding hydrogens is 246 g/mol. The first-order valence-corrected chi connectivity index (χ1v) is 8.32. The highest BCUT2D eigenvalue weighted by Crippen LogP contribution is 2.27. The van der Waals surface area contributed by atoms with E-state index >= 15 is 0 Å². The van der Waals surface area contributed by atoms with Gasteiger partial charge in [0.25, 0.3) is 0 Å². The first kappa shape index (κ1) is 17.5. The van der Waals surface area contributed by atoms with Gasteiger partial charge in [0.2, 0.25) is 0 Å². The van der Waals surface area contributed by atoms with Gasteiger partial charge in [0, 0.05) is 12.6 Å². The molecule has 3 heteroatoms. The average molecular weight is 279 g/mol. The van der Waals surface area contributed by atoms with Gasteiger partial charge in [-0.2, -0.15) is 5.26 Å². The van der Waals surface area contributed by atoms with E-state index in [1.807, 2.05) is 6.92 Å². The van der Waals surface area contributed by atoms with E-state index < -0.39 is 0 Å². The minimum absolute atomic E-state index is 0.344. The highest BCUT2D eigenvalue weighted by atomic mass is 15.2. The molecule has 0 aromatic rings. The minimum atomic E-state index is -0.344. The van der Waals surface area contributed by atoms with Crippen molar-refractivity contribution < 1.29 is 0 Å². The number of rotatable bonds is 7. The van der Waals surface area contributed by atoms with Crippen LogP contribution in [0.15, 0.2) is 0 Å². The van der Waals surface area contributed by atoms with Crippen LogP contribution in [0.25, 0.3) is 0 Å². The Morgan fingerprint density at radius 2 is 2.00 bits per heavy atom. The zero-order chi connectivity index (χ0) is 15.2. The van der Waals surface area contributed by atoms with E-state index in [0.29, 0.717) is 6.04 Å². The molecule has 1 fully saturated rings. The second kappa shape index (κ2) is 8.00. The van der Waals surface area contributed by atoms with E-state index in [1.54, 1.807) is 0 Å².